The second-order valence-corrected chi connectivity index (χ2v) is 4.76. The Morgan fingerprint density at radius 3 is 3.00 bits per heavy atom. The summed E-state index contributed by atoms with van der Waals surface area (Å²) in [6.45, 7) is 1.49. The molecule has 0 spiro atoms. The Morgan fingerprint density at radius 1 is 1.55 bits per heavy atom. The number of aromatic nitrogens is 1. The van der Waals surface area contributed by atoms with E-state index in [0.29, 0.717) is 25.5 Å². The van der Waals surface area contributed by atoms with Crippen LogP contribution in [0.5, 0.6) is 0 Å². The van der Waals surface area contributed by atoms with Gasteiger partial charge >= 0.3 is 0 Å². The number of rotatable bonds is 4. The van der Waals surface area contributed by atoms with Crippen LogP contribution in [-0.4, -0.2) is 65.3 Å². The molecule has 2 N–H and O–H groups in total. The van der Waals surface area contributed by atoms with Crippen LogP contribution in [0.25, 0.3) is 0 Å². The van der Waals surface area contributed by atoms with Gasteiger partial charge in [-0.25, -0.2) is 0 Å². The van der Waals surface area contributed by atoms with E-state index in [4.69, 9.17) is 4.74 Å². The second kappa shape index (κ2) is 6.65. The number of amides is 2. The van der Waals surface area contributed by atoms with Crippen molar-refractivity contribution >= 4 is 11.8 Å². The van der Waals surface area contributed by atoms with E-state index in [1.807, 2.05) is 4.90 Å². The maximum absolute atomic E-state index is 11.9. The van der Waals surface area contributed by atoms with Crippen LogP contribution >= 0.6 is 0 Å². The van der Waals surface area contributed by atoms with Crippen LogP contribution in [0.4, 0.5) is 0 Å². The smallest absolute Gasteiger partial charge is 0.274 e. The number of nitrogens with one attached hydrogen (secondary N) is 1. The van der Waals surface area contributed by atoms with Crippen LogP contribution < -0.4 is 5.32 Å². The van der Waals surface area contributed by atoms with Gasteiger partial charge in [0.1, 0.15) is 5.69 Å². The number of aliphatic hydroxyl groups excluding tert-OH is 1. The first-order valence-electron chi connectivity index (χ1n) is 6.50. The van der Waals surface area contributed by atoms with Gasteiger partial charge in [0.25, 0.3) is 5.91 Å². The molecular formula is C13H19N3O4. The SMILES string of the molecule is Cn1cccc1C(=O)NC(=O)CN1CCOCC1CO. The molecule has 0 bridgehead atoms. The lowest BCUT2D eigenvalue weighted by Crippen LogP contribution is -2.51. The van der Waals surface area contributed by atoms with Gasteiger partial charge in [-0.2, -0.15) is 0 Å². The number of ether oxygens (including phenoxy) is 1. The highest BCUT2D eigenvalue weighted by atomic mass is 16.5. The van der Waals surface area contributed by atoms with Gasteiger partial charge < -0.3 is 14.4 Å². The fourth-order valence-electron chi connectivity index (χ4n) is 2.18. The zero-order valence-electron chi connectivity index (χ0n) is 11.4. The van der Waals surface area contributed by atoms with Gasteiger partial charge in [0, 0.05) is 19.8 Å². The van der Waals surface area contributed by atoms with Gasteiger partial charge in [-0.1, -0.05) is 0 Å². The molecule has 0 aromatic carbocycles. The average Bonchev–Trinajstić information content (AvgIpc) is 2.85. The minimum Gasteiger partial charge on any atom is -0.395 e. The summed E-state index contributed by atoms with van der Waals surface area (Å²) < 4.78 is 6.88. The molecule has 1 aliphatic heterocycles. The Labute approximate surface area is 117 Å². The first-order chi connectivity index (χ1) is 9.61. The molecular weight excluding hydrogens is 262 g/mol. The van der Waals surface area contributed by atoms with Crippen molar-refractivity contribution in [1.29, 1.82) is 0 Å². The Kier molecular flexibility index (Phi) is 4.89. The number of hydrogen-bond acceptors (Lipinski definition) is 5. The molecule has 2 rings (SSSR count). The number of carbonyl (C=O) groups is 2. The number of aliphatic hydroxyl groups is 1. The second-order valence-electron chi connectivity index (χ2n) is 4.76. The monoisotopic (exact) mass is 281 g/mol. The highest BCUT2D eigenvalue weighted by molar-refractivity contribution is 6.04. The molecule has 0 radical (unpaired) electrons. The van der Waals surface area contributed by atoms with Crippen molar-refractivity contribution in [2.45, 2.75) is 6.04 Å². The third-order valence-electron chi connectivity index (χ3n) is 3.34. The summed E-state index contributed by atoms with van der Waals surface area (Å²) in [5.41, 5.74) is 0.430. The van der Waals surface area contributed by atoms with Crippen LogP contribution in [-0.2, 0) is 16.6 Å². The van der Waals surface area contributed by atoms with Crippen LogP contribution in [0, 0.1) is 0 Å². The summed E-state index contributed by atoms with van der Waals surface area (Å²) in [5, 5.41) is 11.6. The summed E-state index contributed by atoms with van der Waals surface area (Å²) in [7, 11) is 1.74. The van der Waals surface area contributed by atoms with Gasteiger partial charge in [-0.3, -0.25) is 19.8 Å². The molecule has 1 aromatic rings. The molecule has 1 aromatic heterocycles. The third-order valence-corrected chi connectivity index (χ3v) is 3.34. The van der Waals surface area contributed by atoms with Crippen molar-refractivity contribution in [2.24, 2.45) is 7.05 Å². The molecule has 1 saturated heterocycles. The normalized spacial score (nSPS) is 19.8. The molecule has 110 valence electrons. The van der Waals surface area contributed by atoms with E-state index in [1.165, 1.54) is 0 Å². The summed E-state index contributed by atoms with van der Waals surface area (Å²) in [6, 6.07) is 3.19. The van der Waals surface area contributed by atoms with Crippen molar-refractivity contribution in [2.75, 3.05) is 32.9 Å². The van der Waals surface area contributed by atoms with E-state index in [-0.39, 0.29) is 25.1 Å². The maximum atomic E-state index is 11.9. The van der Waals surface area contributed by atoms with Gasteiger partial charge in [0.05, 0.1) is 32.4 Å². The van der Waals surface area contributed by atoms with E-state index >= 15 is 0 Å². The lowest BCUT2D eigenvalue weighted by molar-refractivity contribution is -0.124. The highest BCUT2D eigenvalue weighted by Gasteiger charge is 2.25. The lowest BCUT2D eigenvalue weighted by Gasteiger charge is -2.33. The van der Waals surface area contributed by atoms with E-state index in [9.17, 15) is 14.7 Å². The predicted octanol–water partition coefficient (Wildman–Crippen LogP) is -1.03. The summed E-state index contributed by atoms with van der Waals surface area (Å²) in [6.07, 6.45) is 1.74. The number of carbonyl (C=O) groups excluding carboxylic acids is 2. The van der Waals surface area contributed by atoms with Gasteiger partial charge in [0.2, 0.25) is 5.91 Å². The van der Waals surface area contributed by atoms with E-state index in [1.54, 1.807) is 29.9 Å². The summed E-state index contributed by atoms with van der Waals surface area (Å²) >= 11 is 0. The zero-order valence-corrected chi connectivity index (χ0v) is 11.4. The summed E-state index contributed by atoms with van der Waals surface area (Å²) in [5.74, 6) is -0.798. The predicted molar refractivity (Wildman–Crippen MR) is 71.2 cm³/mol. The fraction of sp³-hybridized carbons (Fsp3) is 0.538. The first kappa shape index (κ1) is 14.7. The van der Waals surface area contributed by atoms with Crippen molar-refractivity contribution < 1.29 is 19.4 Å². The van der Waals surface area contributed by atoms with Gasteiger partial charge in [-0.15, -0.1) is 0 Å². The van der Waals surface area contributed by atoms with Gasteiger partial charge in [-0.05, 0) is 12.1 Å². The zero-order chi connectivity index (χ0) is 14.5. The number of imide groups is 1. The fourth-order valence-corrected chi connectivity index (χ4v) is 2.18. The molecule has 1 unspecified atom stereocenters. The minimum atomic E-state index is -0.420. The quantitative estimate of drug-likeness (QED) is 0.737. The van der Waals surface area contributed by atoms with Crippen molar-refractivity contribution in [3.8, 4) is 0 Å². The number of hydrogen-bond donors (Lipinski definition) is 2. The Bertz CT molecular complexity index is 486. The Morgan fingerprint density at radius 2 is 2.35 bits per heavy atom. The molecule has 20 heavy (non-hydrogen) atoms. The molecule has 0 aliphatic carbocycles. The largest absolute Gasteiger partial charge is 0.395 e. The Balaban J connectivity index is 1.89. The number of aryl methyl sites for hydroxylation is 1. The van der Waals surface area contributed by atoms with Crippen LogP contribution in [0.1, 0.15) is 10.5 Å². The van der Waals surface area contributed by atoms with Crippen LogP contribution in [0.2, 0.25) is 0 Å². The maximum Gasteiger partial charge on any atom is 0.274 e. The molecule has 0 saturated carbocycles. The standard InChI is InChI=1S/C13H19N3O4/c1-15-4-2-3-11(15)13(19)14-12(18)7-16-5-6-20-9-10(16)8-17/h2-4,10,17H,5-9H2,1H3,(H,14,18,19). The number of morpholine rings is 1. The molecule has 7 heteroatoms. The van der Waals surface area contributed by atoms with Crippen molar-refractivity contribution in [3.63, 3.8) is 0 Å². The van der Waals surface area contributed by atoms with E-state index in [0.717, 1.165) is 0 Å². The van der Waals surface area contributed by atoms with Gasteiger partial charge in [0.15, 0.2) is 0 Å². The van der Waals surface area contributed by atoms with Crippen molar-refractivity contribution in [1.82, 2.24) is 14.8 Å². The molecule has 7 nitrogen and oxygen atoms in total. The average molecular weight is 281 g/mol. The molecule has 2 amide bonds. The lowest BCUT2D eigenvalue weighted by atomic mass is 10.2. The minimum absolute atomic E-state index is 0.0704. The molecule has 1 atom stereocenters. The highest BCUT2D eigenvalue weighted by Crippen LogP contribution is 2.06. The molecule has 1 fully saturated rings. The third kappa shape index (κ3) is 3.44. The van der Waals surface area contributed by atoms with E-state index < -0.39 is 5.91 Å². The Hall–Kier alpha value is -1.70. The summed E-state index contributed by atoms with van der Waals surface area (Å²) in [4.78, 5) is 25.6. The molecule has 2 heterocycles. The van der Waals surface area contributed by atoms with Crippen LogP contribution in [0.3, 0.4) is 0 Å². The van der Waals surface area contributed by atoms with Crippen molar-refractivity contribution in [3.05, 3.63) is 24.0 Å². The topological polar surface area (TPSA) is 83.8 Å². The first-order valence-corrected chi connectivity index (χ1v) is 6.50. The number of nitrogens with zero attached hydrogens (tertiary/aromatic N) is 2. The van der Waals surface area contributed by atoms with Crippen LogP contribution in [0.15, 0.2) is 18.3 Å². The molecule has 1 aliphatic rings. The van der Waals surface area contributed by atoms with E-state index in [2.05, 4.69) is 5.32 Å².